The summed E-state index contributed by atoms with van der Waals surface area (Å²) in [6.45, 7) is -0.0683. The lowest BCUT2D eigenvalue weighted by Gasteiger charge is -2.41. The highest BCUT2D eigenvalue weighted by molar-refractivity contribution is 4.89. The number of halogens is 3. The molecular weight excluding hydrogens is 145 g/mol. The van der Waals surface area contributed by atoms with Gasteiger partial charge in [0, 0.05) is 0 Å². The molecule has 0 radical (unpaired) electrons. The van der Waals surface area contributed by atoms with E-state index in [2.05, 4.69) is 4.74 Å². The van der Waals surface area contributed by atoms with Crippen molar-refractivity contribution >= 4 is 0 Å². The summed E-state index contributed by atoms with van der Waals surface area (Å²) < 4.78 is 41.1. The van der Waals surface area contributed by atoms with Crippen LogP contribution in [0.25, 0.3) is 0 Å². The van der Waals surface area contributed by atoms with E-state index >= 15 is 0 Å². The van der Waals surface area contributed by atoms with E-state index in [4.69, 9.17) is 0 Å². The lowest BCUT2D eigenvalue weighted by Crippen LogP contribution is -2.55. The number of alkyl halides is 3. The third kappa shape index (κ3) is 1.00. The first-order valence-electron chi connectivity index (χ1n) is 3.13. The molecule has 60 valence electrons. The summed E-state index contributed by atoms with van der Waals surface area (Å²) in [4.78, 5) is 0. The van der Waals surface area contributed by atoms with Gasteiger partial charge in [-0.3, -0.25) is 0 Å². The van der Waals surface area contributed by atoms with Crippen LogP contribution < -0.4 is 0 Å². The van der Waals surface area contributed by atoms with Gasteiger partial charge in [-0.1, -0.05) is 0 Å². The Hall–Kier alpha value is -0.250. The first kappa shape index (κ1) is 7.85. The zero-order valence-corrected chi connectivity index (χ0v) is 5.61. The minimum Gasteiger partial charge on any atom is -0.343 e. The van der Waals surface area contributed by atoms with Gasteiger partial charge in [0.05, 0.1) is 12.5 Å². The molecule has 1 saturated heterocycles. The van der Waals surface area contributed by atoms with E-state index in [1.165, 1.54) is 6.92 Å². The molecule has 3 atom stereocenters. The first-order chi connectivity index (χ1) is 4.60. The van der Waals surface area contributed by atoms with Crippen molar-refractivity contribution in [2.24, 2.45) is 5.92 Å². The average molecular weight is 154 g/mol. The van der Waals surface area contributed by atoms with Crippen LogP contribution in [0.15, 0.2) is 0 Å². The van der Waals surface area contributed by atoms with E-state index in [9.17, 15) is 13.2 Å². The summed E-state index contributed by atoms with van der Waals surface area (Å²) in [6, 6.07) is 0. The maximum Gasteiger partial charge on any atom is 0.245 e. The molecule has 1 aliphatic rings. The minimum atomic E-state index is -2.34. The number of ether oxygens (including phenoxy) is 1. The summed E-state index contributed by atoms with van der Waals surface area (Å²) >= 11 is 0. The molecule has 3 unspecified atom stereocenters. The Kier molecular flexibility index (Phi) is 1.90. The molecule has 0 aromatic rings. The van der Waals surface area contributed by atoms with Gasteiger partial charge in [0.15, 0.2) is 0 Å². The molecule has 0 aromatic heterocycles. The SMILES string of the molecule is CC(F)C1COC1(F)CF. The predicted octanol–water partition coefficient (Wildman–Crippen LogP) is 1.63. The zero-order valence-electron chi connectivity index (χ0n) is 5.61. The Bertz CT molecular complexity index is 124. The van der Waals surface area contributed by atoms with Gasteiger partial charge in [0.2, 0.25) is 5.85 Å². The quantitative estimate of drug-likeness (QED) is 0.587. The topological polar surface area (TPSA) is 9.23 Å². The molecular formula is C6H9F3O. The van der Waals surface area contributed by atoms with Crippen molar-refractivity contribution in [3.8, 4) is 0 Å². The molecule has 1 rings (SSSR count). The second-order valence-corrected chi connectivity index (χ2v) is 2.51. The summed E-state index contributed by atoms with van der Waals surface area (Å²) in [5.41, 5.74) is 0. The molecule has 0 bridgehead atoms. The number of hydrogen-bond acceptors (Lipinski definition) is 1. The van der Waals surface area contributed by atoms with Gasteiger partial charge in [0.1, 0.15) is 12.8 Å². The van der Waals surface area contributed by atoms with Gasteiger partial charge in [0.25, 0.3) is 0 Å². The Labute approximate surface area is 57.2 Å². The molecule has 0 spiro atoms. The summed E-state index contributed by atoms with van der Waals surface area (Å²) in [7, 11) is 0. The number of rotatable bonds is 2. The molecule has 0 saturated carbocycles. The maximum absolute atomic E-state index is 12.7. The molecule has 1 nitrogen and oxygen atoms in total. The van der Waals surface area contributed by atoms with Crippen molar-refractivity contribution in [2.75, 3.05) is 13.3 Å². The first-order valence-corrected chi connectivity index (χ1v) is 3.13. The molecule has 10 heavy (non-hydrogen) atoms. The largest absolute Gasteiger partial charge is 0.343 e. The van der Waals surface area contributed by atoms with Crippen LogP contribution in [0, 0.1) is 5.92 Å². The van der Waals surface area contributed by atoms with E-state index in [1.807, 2.05) is 0 Å². The second-order valence-electron chi connectivity index (χ2n) is 2.51. The van der Waals surface area contributed by atoms with Gasteiger partial charge in [-0.2, -0.15) is 0 Å². The predicted molar refractivity (Wildman–Crippen MR) is 29.8 cm³/mol. The monoisotopic (exact) mass is 154 g/mol. The highest BCUT2D eigenvalue weighted by atomic mass is 19.2. The third-order valence-corrected chi connectivity index (χ3v) is 1.79. The fourth-order valence-electron chi connectivity index (χ4n) is 0.974. The van der Waals surface area contributed by atoms with Crippen LogP contribution in [0.5, 0.6) is 0 Å². The highest BCUT2D eigenvalue weighted by Crippen LogP contribution is 2.38. The Morgan fingerprint density at radius 1 is 1.80 bits per heavy atom. The van der Waals surface area contributed by atoms with Gasteiger partial charge in [-0.15, -0.1) is 0 Å². The normalized spacial score (nSPS) is 42.6. The molecule has 0 aliphatic carbocycles. The fraction of sp³-hybridized carbons (Fsp3) is 1.00. The van der Waals surface area contributed by atoms with E-state index in [1.54, 1.807) is 0 Å². The van der Waals surface area contributed by atoms with Gasteiger partial charge in [-0.25, -0.2) is 13.2 Å². The molecule has 4 heteroatoms. The summed E-state index contributed by atoms with van der Waals surface area (Å²) in [5.74, 6) is -3.26. The van der Waals surface area contributed by atoms with Crippen LogP contribution in [-0.4, -0.2) is 25.3 Å². The van der Waals surface area contributed by atoms with Crippen molar-refractivity contribution in [1.29, 1.82) is 0 Å². The summed E-state index contributed by atoms with van der Waals surface area (Å²) in [6.07, 6.45) is -1.34. The van der Waals surface area contributed by atoms with Crippen molar-refractivity contribution in [3.63, 3.8) is 0 Å². The van der Waals surface area contributed by atoms with Crippen molar-refractivity contribution < 1.29 is 17.9 Å². The van der Waals surface area contributed by atoms with Crippen molar-refractivity contribution in [1.82, 2.24) is 0 Å². The lowest BCUT2D eigenvalue weighted by atomic mass is 9.92. The lowest BCUT2D eigenvalue weighted by molar-refractivity contribution is -0.300. The minimum absolute atomic E-state index is 0.0158. The Morgan fingerprint density at radius 2 is 2.40 bits per heavy atom. The van der Waals surface area contributed by atoms with Crippen LogP contribution >= 0.6 is 0 Å². The van der Waals surface area contributed by atoms with Crippen LogP contribution in [-0.2, 0) is 4.74 Å². The standard InChI is InChI=1S/C6H9F3O/c1-4(8)5-2-10-6(5,9)3-7/h4-5H,2-3H2,1H3. The fourth-order valence-corrected chi connectivity index (χ4v) is 0.974. The smallest absolute Gasteiger partial charge is 0.245 e. The average Bonchev–Trinajstić information content (AvgIpc) is 1.83. The molecule has 1 aliphatic heterocycles. The third-order valence-electron chi connectivity index (χ3n) is 1.79. The molecule has 0 amide bonds. The highest BCUT2D eigenvalue weighted by Gasteiger charge is 2.52. The van der Waals surface area contributed by atoms with Crippen molar-refractivity contribution in [2.45, 2.75) is 19.0 Å². The molecule has 0 N–H and O–H groups in total. The van der Waals surface area contributed by atoms with Crippen LogP contribution in [0.2, 0.25) is 0 Å². The Balaban J connectivity index is 2.49. The van der Waals surface area contributed by atoms with E-state index in [0.29, 0.717) is 0 Å². The summed E-state index contributed by atoms with van der Waals surface area (Å²) in [5, 5.41) is 0. The van der Waals surface area contributed by atoms with Gasteiger partial charge >= 0.3 is 0 Å². The molecule has 0 aromatic carbocycles. The van der Waals surface area contributed by atoms with Gasteiger partial charge in [-0.05, 0) is 6.92 Å². The van der Waals surface area contributed by atoms with E-state index < -0.39 is 24.6 Å². The maximum atomic E-state index is 12.7. The molecule has 1 heterocycles. The molecule has 1 fully saturated rings. The van der Waals surface area contributed by atoms with Crippen LogP contribution in [0.3, 0.4) is 0 Å². The number of hydrogen-bond donors (Lipinski definition) is 0. The Morgan fingerprint density at radius 3 is 2.50 bits per heavy atom. The van der Waals surface area contributed by atoms with Gasteiger partial charge < -0.3 is 4.74 Å². The van der Waals surface area contributed by atoms with E-state index in [0.717, 1.165) is 0 Å². The van der Waals surface area contributed by atoms with Crippen LogP contribution in [0.1, 0.15) is 6.92 Å². The second kappa shape index (κ2) is 2.42. The van der Waals surface area contributed by atoms with Crippen molar-refractivity contribution in [3.05, 3.63) is 0 Å². The zero-order chi connectivity index (χ0) is 7.78. The van der Waals surface area contributed by atoms with E-state index in [-0.39, 0.29) is 6.61 Å². The van der Waals surface area contributed by atoms with Crippen LogP contribution in [0.4, 0.5) is 13.2 Å².